The number of rotatable bonds is 4. The van der Waals surface area contributed by atoms with Gasteiger partial charge in [0.2, 0.25) is 0 Å². The molecule has 2 unspecified atom stereocenters. The van der Waals surface area contributed by atoms with Crippen molar-refractivity contribution in [3.63, 3.8) is 0 Å². The predicted octanol–water partition coefficient (Wildman–Crippen LogP) is 1.76. The van der Waals surface area contributed by atoms with Crippen LogP contribution in [-0.4, -0.2) is 37.2 Å². The Balaban J connectivity index is 1.97. The lowest BCUT2D eigenvalue weighted by Crippen LogP contribution is -2.47. The highest BCUT2D eigenvalue weighted by Gasteiger charge is 2.27. The molecule has 0 aliphatic carbocycles. The van der Waals surface area contributed by atoms with Crippen molar-refractivity contribution in [3.8, 4) is 0 Å². The maximum atomic E-state index is 12.9. The summed E-state index contributed by atoms with van der Waals surface area (Å²) in [6.45, 7) is 2.46. The molecule has 0 saturated carbocycles. The SMILES string of the molecule is COC1CCN(Cc2ccc(F)cc2)C(CN)C1. The Bertz CT molecular complexity index is 369. The molecule has 0 amide bonds. The Kier molecular flexibility index (Phi) is 4.69. The Hall–Kier alpha value is -0.970. The summed E-state index contributed by atoms with van der Waals surface area (Å²) in [6.07, 6.45) is 2.34. The highest BCUT2D eigenvalue weighted by molar-refractivity contribution is 5.16. The summed E-state index contributed by atoms with van der Waals surface area (Å²) < 4.78 is 18.3. The minimum atomic E-state index is -0.188. The molecule has 1 aliphatic rings. The van der Waals surface area contributed by atoms with E-state index in [9.17, 15) is 4.39 Å². The first kappa shape index (κ1) is 13.5. The van der Waals surface area contributed by atoms with Gasteiger partial charge in [0.15, 0.2) is 0 Å². The van der Waals surface area contributed by atoms with Crippen LogP contribution in [0.3, 0.4) is 0 Å². The molecule has 0 spiro atoms. The van der Waals surface area contributed by atoms with Crippen LogP contribution in [0.1, 0.15) is 18.4 Å². The zero-order chi connectivity index (χ0) is 13.0. The lowest BCUT2D eigenvalue weighted by molar-refractivity contribution is 0.0102. The molecule has 0 aromatic heterocycles. The smallest absolute Gasteiger partial charge is 0.123 e. The number of ether oxygens (including phenoxy) is 1. The summed E-state index contributed by atoms with van der Waals surface area (Å²) in [5.74, 6) is -0.188. The van der Waals surface area contributed by atoms with Gasteiger partial charge in [-0.15, -0.1) is 0 Å². The molecule has 4 heteroatoms. The van der Waals surface area contributed by atoms with Gasteiger partial charge in [-0.25, -0.2) is 4.39 Å². The van der Waals surface area contributed by atoms with Crippen molar-refractivity contribution in [1.82, 2.24) is 4.90 Å². The molecule has 1 heterocycles. The molecule has 1 aliphatic heterocycles. The van der Waals surface area contributed by atoms with Crippen LogP contribution < -0.4 is 5.73 Å². The summed E-state index contributed by atoms with van der Waals surface area (Å²) in [6, 6.07) is 7.05. The van der Waals surface area contributed by atoms with Crippen LogP contribution in [0.15, 0.2) is 24.3 Å². The van der Waals surface area contributed by atoms with E-state index < -0.39 is 0 Å². The van der Waals surface area contributed by atoms with Crippen LogP contribution in [0.25, 0.3) is 0 Å². The van der Waals surface area contributed by atoms with E-state index in [1.54, 1.807) is 7.11 Å². The second-order valence-corrected chi connectivity index (χ2v) is 4.87. The zero-order valence-corrected chi connectivity index (χ0v) is 10.8. The molecule has 0 bridgehead atoms. The number of nitrogens with zero attached hydrogens (tertiary/aromatic N) is 1. The van der Waals surface area contributed by atoms with Crippen molar-refractivity contribution in [1.29, 1.82) is 0 Å². The molecule has 2 atom stereocenters. The van der Waals surface area contributed by atoms with Gasteiger partial charge in [-0.2, -0.15) is 0 Å². The number of benzene rings is 1. The van der Waals surface area contributed by atoms with Crippen molar-refractivity contribution < 1.29 is 9.13 Å². The minimum absolute atomic E-state index is 0.188. The first-order valence-electron chi connectivity index (χ1n) is 6.44. The Morgan fingerprint density at radius 1 is 1.39 bits per heavy atom. The number of hydrogen-bond acceptors (Lipinski definition) is 3. The minimum Gasteiger partial charge on any atom is -0.381 e. The fraction of sp³-hybridized carbons (Fsp3) is 0.571. The second-order valence-electron chi connectivity index (χ2n) is 4.87. The van der Waals surface area contributed by atoms with E-state index in [0.29, 0.717) is 18.7 Å². The number of hydrogen-bond donors (Lipinski definition) is 1. The first-order valence-corrected chi connectivity index (χ1v) is 6.44. The quantitative estimate of drug-likeness (QED) is 0.887. The van der Waals surface area contributed by atoms with E-state index in [2.05, 4.69) is 4.90 Å². The third-order valence-electron chi connectivity index (χ3n) is 3.69. The van der Waals surface area contributed by atoms with Gasteiger partial charge in [0.05, 0.1) is 6.10 Å². The van der Waals surface area contributed by atoms with E-state index in [0.717, 1.165) is 31.5 Å². The van der Waals surface area contributed by atoms with Crippen LogP contribution in [-0.2, 0) is 11.3 Å². The highest BCUT2D eigenvalue weighted by Crippen LogP contribution is 2.21. The summed E-state index contributed by atoms with van der Waals surface area (Å²) in [5, 5.41) is 0. The lowest BCUT2D eigenvalue weighted by atomic mass is 9.98. The van der Waals surface area contributed by atoms with Gasteiger partial charge >= 0.3 is 0 Å². The topological polar surface area (TPSA) is 38.5 Å². The molecule has 0 radical (unpaired) electrons. The number of likely N-dealkylation sites (tertiary alicyclic amines) is 1. The van der Waals surface area contributed by atoms with Gasteiger partial charge in [-0.05, 0) is 30.5 Å². The summed E-state index contributed by atoms with van der Waals surface area (Å²) in [4.78, 5) is 2.36. The Labute approximate surface area is 108 Å². The molecular formula is C14H21FN2O. The molecule has 2 N–H and O–H groups in total. The number of nitrogens with two attached hydrogens (primary N) is 1. The summed E-state index contributed by atoms with van der Waals surface area (Å²) >= 11 is 0. The molecule has 3 nitrogen and oxygen atoms in total. The van der Waals surface area contributed by atoms with Crippen LogP contribution in [0.2, 0.25) is 0 Å². The van der Waals surface area contributed by atoms with Gasteiger partial charge in [0.1, 0.15) is 5.82 Å². The average Bonchev–Trinajstić information content (AvgIpc) is 2.41. The maximum Gasteiger partial charge on any atom is 0.123 e. The first-order chi connectivity index (χ1) is 8.72. The maximum absolute atomic E-state index is 12.9. The van der Waals surface area contributed by atoms with Gasteiger partial charge in [0, 0.05) is 32.8 Å². The number of methoxy groups -OCH3 is 1. The standard InChI is InChI=1S/C14H21FN2O/c1-18-14-6-7-17(13(8-14)9-16)10-11-2-4-12(15)5-3-11/h2-5,13-14H,6-10,16H2,1H3. The number of halogens is 1. The van der Waals surface area contributed by atoms with E-state index in [1.165, 1.54) is 12.1 Å². The van der Waals surface area contributed by atoms with Crippen molar-refractivity contribution in [3.05, 3.63) is 35.6 Å². The summed E-state index contributed by atoms with van der Waals surface area (Å²) in [5.41, 5.74) is 6.96. The molecule has 18 heavy (non-hydrogen) atoms. The molecule has 1 aromatic rings. The highest BCUT2D eigenvalue weighted by atomic mass is 19.1. The van der Waals surface area contributed by atoms with Crippen molar-refractivity contribution in [2.24, 2.45) is 5.73 Å². The molecule has 1 saturated heterocycles. The van der Waals surface area contributed by atoms with Gasteiger partial charge in [-0.3, -0.25) is 4.90 Å². The summed E-state index contributed by atoms with van der Waals surface area (Å²) in [7, 11) is 1.76. The molecular weight excluding hydrogens is 231 g/mol. The van der Waals surface area contributed by atoms with Crippen molar-refractivity contribution in [2.45, 2.75) is 31.5 Å². The van der Waals surface area contributed by atoms with Crippen LogP contribution in [0.4, 0.5) is 4.39 Å². The fourth-order valence-corrected chi connectivity index (χ4v) is 2.55. The largest absolute Gasteiger partial charge is 0.381 e. The third kappa shape index (κ3) is 3.28. The van der Waals surface area contributed by atoms with Gasteiger partial charge < -0.3 is 10.5 Å². The molecule has 2 rings (SSSR count). The lowest BCUT2D eigenvalue weighted by Gasteiger charge is -2.38. The normalized spacial score (nSPS) is 25.3. The average molecular weight is 252 g/mol. The monoisotopic (exact) mass is 252 g/mol. The molecule has 1 fully saturated rings. The van der Waals surface area contributed by atoms with Crippen molar-refractivity contribution >= 4 is 0 Å². The van der Waals surface area contributed by atoms with Crippen LogP contribution in [0.5, 0.6) is 0 Å². The molecule has 100 valence electrons. The van der Waals surface area contributed by atoms with Crippen LogP contribution in [0, 0.1) is 5.82 Å². The number of piperidine rings is 1. The fourth-order valence-electron chi connectivity index (χ4n) is 2.55. The van der Waals surface area contributed by atoms with Crippen molar-refractivity contribution in [2.75, 3.05) is 20.2 Å². The Morgan fingerprint density at radius 2 is 2.11 bits per heavy atom. The van der Waals surface area contributed by atoms with E-state index in [4.69, 9.17) is 10.5 Å². The predicted molar refractivity (Wildman–Crippen MR) is 69.7 cm³/mol. The third-order valence-corrected chi connectivity index (χ3v) is 3.69. The van der Waals surface area contributed by atoms with E-state index >= 15 is 0 Å². The van der Waals surface area contributed by atoms with E-state index in [1.807, 2.05) is 12.1 Å². The second kappa shape index (κ2) is 6.27. The molecule has 1 aromatic carbocycles. The van der Waals surface area contributed by atoms with Crippen LogP contribution >= 0.6 is 0 Å². The van der Waals surface area contributed by atoms with E-state index in [-0.39, 0.29) is 5.82 Å². The van der Waals surface area contributed by atoms with Gasteiger partial charge in [-0.1, -0.05) is 12.1 Å². The van der Waals surface area contributed by atoms with Gasteiger partial charge in [0.25, 0.3) is 0 Å². The Morgan fingerprint density at radius 3 is 2.72 bits per heavy atom. The zero-order valence-electron chi connectivity index (χ0n) is 10.8.